The molecular weight excluding hydrogens is 138 g/mol. The SMILES string of the molecule is CN1C(=O)[C]c2ccccc21. The van der Waals surface area contributed by atoms with Crippen molar-refractivity contribution in [1.82, 2.24) is 0 Å². The molecule has 0 saturated heterocycles. The van der Waals surface area contributed by atoms with Gasteiger partial charge in [-0.25, -0.2) is 0 Å². The monoisotopic (exact) mass is 145 g/mol. The normalized spacial score (nSPS) is 15.4. The van der Waals surface area contributed by atoms with E-state index in [1.807, 2.05) is 24.3 Å². The molecule has 0 spiro atoms. The first-order chi connectivity index (χ1) is 5.29. The second-order valence-electron chi connectivity index (χ2n) is 2.51. The molecule has 0 aromatic heterocycles. The number of nitrogens with zero attached hydrogens (tertiary/aromatic N) is 1. The number of fused-ring (bicyclic) bond motifs is 1. The molecule has 0 fully saturated rings. The van der Waals surface area contributed by atoms with Crippen molar-refractivity contribution in [1.29, 1.82) is 0 Å². The summed E-state index contributed by atoms with van der Waals surface area (Å²) in [7, 11) is 1.75. The van der Waals surface area contributed by atoms with Crippen LogP contribution in [0.5, 0.6) is 0 Å². The topological polar surface area (TPSA) is 20.3 Å². The van der Waals surface area contributed by atoms with Crippen molar-refractivity contribution in [2.75, 3.05) is 11.9 Å². The van der Waals surface area contributed by atoms with E-state index in [-0.39, 0.29) is 5.91 Å². The average molecular weight is 145 g/mol. The summed E-state index contributed by atoms with van der Waals surface area (Å²) in [6.45, 7) is 0. The molecule has 1 heterocycles. The molecule has 0 atom stereocenters. The van der Waals surface area contributed by atoms with Gasteiger partial charge in [-0.1, -0.05) is 18.2 Å². The number of carbonyl (C=O) groups is 1. The van der Waals surface area contributed by atoms with Gasteiger partial charge in [-0.05, 0) is 11.6 Å². The van der Waals surface area contributed by atoms with Crippen LogP contribution in [0.3, 0.4) is 0 Å². The second kappa shape index (κ2) is 2.09. The maximum Gasteiger partial charge on any atom is 0.240 e. The molecule has 2 heteroatoms. The van der Waals surface area contributed by atoms with E-state index in [4.69, 9.17) is 0 Å². The molecule has 0 bridgehead atoms. The number of benzene rings is 1. The first-order valence-corrected chi connectivity index (χ1v) is 3.43. The molecule has 1 amide bonds. The highest BCUT2D eigenvalue weighted by molar-refractivity contribution is 6.08. The summed E-state index contributed by atoms with van der Waals surface area (Å²) in [6.07, 6.45) is 2.73. The van der Waals surface area contributed by atoms with E-state index in [2.05, 4.69) is 6.42 Å². The van der Waals surface area contributed by atoms with Crippen molar-refractivity contribution in [2.24, 2.45) is 0 Å². The third-order valence-corrected chi connectivity index (χ3v) is 1.81. The number of likely N-dealkylation sites (N-methyl/N-ethyl adjacent to an activating group) is 1. The van der Waals surface area contributed by atoms with Gasteiger partial charge in [0, 0.05) is 12.7 Å². The summed E-state index contributed by atoms with van der Waals surface area (Å²) in [5.41, 5.74) is 1.83. The van der Waals surface area contributed by atoms with Crippen LogP contribution in [-0.2, 0) is 4.79 Å². The molecule has 1 aromatic rings. The van der Waals surface area contributed by atoms with Crippen molar-refractivity contribution in [3.63, 3.8) is 0 Å². The van der Waals surface area contributed by atoms with Gasteiger partial charge in [0.1, 0.15) is 6.42 Å². The predicted octanol–water partition coefficient (Wildman–Crippen LogP) is 1.09. The minimum Gasteiger partial charge on any atom is -0.314 e. The minimum absolute atomic E-state index is 0.0637. The first kappa shape index (κ1) is 6.40. The van der Waals surface area contributed by atoms with E-state index in [1.165, 1.54) is 0 Å². The lowest BCUT2D eigenvalue weighted by Crippen LogP contribution is -2.19. The summed E-state index contributed by atoms with van der Waals surface area (Å²) in [5, 5.41) is 0. The van der Waals surface area contributed by atoms with Gasteiger partial charge in [0.2, 0.25) is 5.91 Å². The van der Waals surface area contributed by atoms with Crippen molar-refractivity contribution in [2.45, 2.75) is 0 Å². The Bertz CT molecular complexity index is 306. The van der Waals surface area contributed by atoms with Crippen molar-refractivity contribution < 1.29 is 4.79 Å². The quantitative estimate of drug-likeness (QED) is 0.535. The lowest BCUT2D eigenvalue weighted by atomic mass is 10.2. The van der Waals surface area contributed by atoms with E-state index >= 15 is 0 Å². The number of para-hydroxylation sites is 1. The average Bonchev–Trinajstić information content (AvgIpc) is 2.30. The van der Waals surface area contributed by atoms with Gasteiger partial charge in [-0.3, -0.25) is 4.79 Å². The van der Waals surface area contributed by atoms with E-state index in [9.17, 15) is 4.79 Å². The smallest absolute Gasteiger partial charge is 0.240 e. The summed E-state index contributed by atoms with van der Waals surface area (Å²) in [4.78, 5) is 12.6. The summed E-state index contributed by atoms with van der Waals surface area (Å²) >= 11 is 0. The third-order valence-electron chi connectivity index (χ3n) is 1.81. The fraction of sp³-hybridized carbons (Fsp3) is 0.111. The first-order valence-electron chi connectivity index (χ1n) is 3.43. The van der Waals surface area contributed by atoms with E-state index in [0.717, 1.165) is 11.3 Å². The lowest BCUT2D eigenvalue weighted by molar-refractivity contribution is -0.114. The zero-order valence-corrected chi connectivity index (χ0v) is 6.16. The Labute approximate surface area is 65.4 Å². The van der Waals surface area contributed by atoms with Crippen molar-refractivity contribution >= 4 is 11.6 Å². The highest BCUT2D eigenvalue weighted by atomic mass is 16.2. The summed E-state index contributed by atoms with van der Waals surface area (Å²) in [6, 6.07) is 7.61. The molecule has 54 valence electrons. The van der Waals surface area contributed by atoms with Crippen LogP contribution >= 0.6 is 0 Å². The molecule has 2 nitrogen and oxygen atoms in total. The molecule has 0 aliphatic carbocycles. The van der Waals surface area contributed by atoms with Crippen LogP contribution in [0.15, 0.2) is 24.3 Å². The number of amides is 1. The number of carbonyl (C=O) groups excluding carboxylic acids is 1. The van der Waals surface area contributed by atoms with Crippen LogP contribution < -0.4 is 4.90 Å². The van der Waals surface area contributed by atoms with E-state index < -0.39 is 0 Å². The zero-order valence-electron chi connectivity index (χ0n) is 6.16. The van der Waals surface area contributed by atoms with Gasteiger partial charge in [-0.15, -0.1) is 0 Å². The maximum atomic E-state index is 11.0. The van der Waals surface area contributed by atoms with Crippen LogP contribution in [0, 0.1) is 6.42 Å². The maximum absolute atomic E-state index is 11.0. The van der Waals surface area contributed by atoms with Gasteiger partial charge in [0.15, 0.2) is 0 Å². The van der Waals surface area contributed by atoms with Crippen LogP contribution in [0.2, 0.25) is 0 Å². The molecular formula is C9H7NO. The van der Waals surface area contributed by atoms with Gasteiger partial charge in [0.25, 0.3) is 0 Å². The Kier molecular flexibility index (Phi) is 1.22. The Hall–Kier alpha value is -1.31. The molecule has 0 saturated carbocycles. The fourth-order valence-corrected chi connectivity index (χ4v) is 1.18. The van der Waals surface area contributed by atoms with Crippen molar-refractivity contribution in [3.8, 4) is 0 Å². The molecule has 1 aromatic carbocycles. The Morgan fingerprint density at radius 2 is 2.09 bits per heavy atom. The lowest BCUT2D eigenvalue weighted by Gasteiger charge is -2.08. The Balaban J connectivity index is 2.55. The Morgan fingerprint density at radius 1 is 1.36 bits per heavy atom. The third kappa shape index (κ3) is 0.827. The Morgan fingerprint density at radius 3 is 2.82 bits per heavy atom. The van der Waals surface area contributed by atoms with Crippen LogP contribution in [0.1, 0.15) is 5.56 Å². The van der Waals surface area contributed by atoms with Crippen LogP contribution in [0.25, 0.3) is 0 Å². The summed E-state index contributed by atoms with van der Waals surface area (Å²) < 4.78 is 0. The van der Waals surface area contributed by atoms with Gasteiger partial charge < -0.3 is 4.90 Å². The zero-order chi connectivity index (χ0) is 7.84. The molecule has 11 heavy (non-hydrogen) atoms. The van der Waals surface area contributed by atoms with Crippen molar-refractivity contribution in [3.05, 3.63) is 36.2 Å². The predicted molar refractivity (Wildman–Crippen MR) is 42.2 cm³/mol. The van der Waals surface area contributed by atoms with Crippen LogP contribution in [-0.4, -0.2) is 13.0 Å². The summed E-state index contributed by atoms with van der Waals surface area (Å²) in [5.74, 6) is -0.0637. The largest absolute Gasteiger partial charge is 0.314 e. The molecule has 0 N–H and O–H groups in total. The molecule has 0 unspecified atom stereocenters. The molecule has 2 rings (SSSR count). The van der Waals surface area contributed by atoms with E-state index in [1.54, 1.807) is 11.9 Å². The van der Waals surface area contributed by atoms with Crippen LogP contribution in [0.4, 0.5) is 5.69 Å². The molecule has 1 aliphatic heterocycles. The van der Waals surface area contributed by atoms with E-state index in [0.29, 0.717) is 0 Å². The molecule has 2 radical (unpaired) electrons. The van der Waals surface area contributed by atoms with Gasteiger partial charge in [-0.2, -0.15) is 0 Å². The highest BCUT2D eigenvalue weighted by Gasteiger charge is 2.23. The number of rotatable bonds is 0. The second-order valence-corrected chi connectivity index (χ2v) is 2.51. The highest BCUT2D eigenvalue weighted by Crippen LogP contribution is 2.27. The fourth-order valence-electron chi connectivity index (χ4n) is 1.18. The standard InChI is InChI=1S/C9H7NO/c1-10-8-5-3-2-4-7(8)6-9(10)11/h2-5H,1H3. The minimum atomic E-state index is -0.0637. The number of hydrogen-bond donors (Lipinski definition) is 0. The number of hydrogen-bond acceptors (Lipinski definition) is 1. The van der Waals surface area contributed by atoms with Gasteiger partial charge in [0.05, 0.1) is 0 Å². The number of anilines is 1. The van der Waals surface area contributed by atoms with Gasteiger partial charge >= 0.3 is 0 Å². The molecule has 1 aliphatic rings.